The molecule has 0 atom stereocenters. The molecule has 5 nitrogen and oxygen atoms in total. The zero-order valence-electron chi connectivity index (χ0n) is 20.7. The van der Waals surface area contributed by atoms with Gasteiger partial charge in [-0.2, -0.15) is 0 Å². The van der Waals surface area contributed by atoms with E-state index in [0.717, 1.165) is 17.1 Å². The number of methoxy groups -OCH3 is 1. The highest BCUT2D eigenvalue weighted by Gasteiger charge is 2.22. The molecular weight excluding hydrogens is 472 g/mol. The minimum atomic E-state index is -0.617. The van der Waals surface area contributed by atoms with Gasteiger partial charge in [0.1, 0.15) is 23.2 Å². The fourth-order valence-corrected chi connectivity index (χ4v) is 4.55. The summed E-state index contributed by atoms with van der Waals surface area (Å²) in [6, 6.07) is 24.5. The van der Waals surface area contributed by atoms with Gasteiger partial charge in [-0.05, 0) is 84.8 Å². The van der Waals surface area contributed by atoms with Crippen LogP contribution < -0.4 is 15.2 Å². The van der Waals surface area contributed by atoms with Gasteiger partial charge in [0.2, 0.25) is 0 Å². The lowest BCUT2D eigenvalue weighted by Crippen LogP contribution is -2.29. The summed E-state index contributed by atoms with van der Waals surface area (Å²) in [4.78, 5) is 20.7. The second-order valence-corrected chi connectivity index (χ2v) is 8.80. The Morgan fingerprint density at radius 1 is 0.811 bits per heavy atom. The SMILES string of the molecule is COc1ccc(N(C)c2ccc3nc(C)n(C(c4ccc(F)cc4)c4ccc(F)cc4)c(=O)c3c2)cc1. The van der Waals surface area contributed by atoms with Crippen LogP contribution in [0, 0.1) is 18.6 Å². The molecule has 0 bridgehead atoms. The number of hydrogen-bond donors (Lipinski definition) is 0. The average Bonchev–Trinajstić information content (AvgIpc) is 2.92. The Hall–Kier alpha value is -4.52. The van der Waals surface area contributed by atoms with E-state index in [4.69, 9.17) is 9.72 Å². The normalized spacial score (nSPS) is 11.2. The number of benzene rings is 4. The molecule has 0 saturated heterocycles. The van der Waals surface area contributed by atoms with Crippen LogP contribution in [-0.4, -0.2) is 23.7 Å². The Kier molecular flexibility index (Phi) is 6.44. The monoisotopic (exact) mass is 497 g/mol. The van der Waals surface area contributed by atoms with Gasteiger partial charge in [0.05, 0.1) is 24.1 Å². The number of aromatic nitrogens is 2. The third-order valence-corrected chi connectivity index (χ3v) is 6.54. The van der Waals surface area contributed by atoms with Gasteiger partial charge in [-0.25, -0.2) is 13.8 Å². The Morgan fingerprint density at radius 3 is 1.89 bits per heavy atom. The van der Waals surface area contributed by atoms with Crippen molar-refractivity contribution in [2.24, 2.45) is 0 Å². The molecule has 0 radical (unpaired) electrons. The van der Waals surface area contributed by atoms with E-state index in [9.17, 15) is 13.6 Å². The maximum Gasteiger partial charge on any atom is 0.262 e. The maximum absolute atomic E-state index is 14.0. The highest BCUT2D eigenvalue weighted by molar-refractivity contribution is 5.83. The van der Waals surface area contributed by atoms with Crippen LogP contribution in [0.3, 0.4) is 0 Å². The van der Waals surface area contributed by atoms with E-state index in [1.807, 2.05) is 54.4 Å². The maximum atomic E-state index is 14.0. The number of halogens is 2. The lowest BCUT2D eigenvalue weighted by Gasteiger charge is -2.24. The zero-order valence-corrected chi connectivity index (χ0v) is 20.7. The van der Waals surface area contributed by atoms with Crippen molar-refractivity contribution in [3.05, 3.63) is 130 Å². The van der Waals surface area contributed by atoms with Crippen LogP contribution in [-0.2, 0) is 0 Å². The van der Waals surface area contributed by atoms with Crippen molar-refractivity contribution in [3.63, 3.8) is 0 Å². The van der Waals surface area contributed by atoms with Gasteiger partial charge in [-0.3, -0.25) is 9.36 Å². The molecule has 0 saturated carbocycles. The summed E-state index contributed by atoms with van der Waals surface area (Å²) in [6.07, 6.45) is 0. The van der Waals surface area contributed by atoms with Crippen LogP contribution in [0.5, 0.6) is 5.75 Å². The van der Waals surface area contributed by atoms with Crippen molar-refractivity contribution < 1.29 is 13.5 Å². The van der Waals surface area contributed by atoms with Gasteiger partial charge in [0, 0.05) is 18.4 Å². The van der Waals surface area contributed by atoms with Crippen LogP contribution in [0.15, 0.2) is 95.8 Å². The number of aryl methyl sites for hydroxylation is 1. The minimum absolute atomic E-state index is 0.244. The minimum Gasteiger partial charge on any atom is -0.497 e. The first kappa shape index (κ1) is 24.2. The predicted molar refractivity (Wildman–Crippen MR) is 142 cm³/mol. The quantitative estimate of drug-likeness (QED) is 0.273. The Bertz CT molecular complexity index is 1570. The lowest BCUT2D eigenvalue weighted by atomic mass is 9.97. The van der Waals surface area contributed by atoms with Crippen molar-refractivity contribution in [2.45, 2.75) is 13.0 Å². The first-order valence-electron chi connectivity index (χ1n) is 11.8. The first-order valence-corrected chi connectivity index (χ1v) is 11.8. The van der Waals surface area contributed by atoms with Crippen molar-refractivity contribution in [1.82, 2.24) is 9.55 Å². The predicted octanol–water partition coefficient (Wildman–Crippen LogP) is 6.40. The van der Waals surface area contributed by atoms with E-state index >= 15 is 0 Å². The molecule has 186 valence electrons. The van der Waals surface area contributed by atoms with Crippen LogP contribution in [0.2, 0.25) is 0 Å². The highest BCUT2D eigenvalue weighted by atomic mass is 19.1. The second kappa shape index (κ2) is 9.85. The Labute approximate surface area is 213 Å². The van der Waals surface area contributed by atoms with Crippen LogP contribution in [0.4, 0.5) is 20.2 Å². The van der Waals surface area contributed by atoms with E-state index in [2.05, 4.69) is 0 Å². The van der Waals surface area contributed by atoms with Gasteiger partial charge in [-0.15, -0.1) is 0 Å². The highest BCUT2D eigenvalue weighted by Crippen LogP contribution is 2.30. The molecule has 37 heavy (non-hydrogen) atoms. The van der Waals surface area contributed by atoms with E-state index < -0.39 is 6.04 Å². The van der Waals surface area contributed by atoms with Crippen molar-refractivity contribution in [3.8, 4) is 5.75 Å². The molecule has 0 spiro atoms. The molecule has 7 heteroatoms. The Morgan fingerprint density at radius 2 is 1.35 bits per heavy atom. The van der Waals surface area contributed by atoms with E-state index in [1.54, 1.807) is 42.9 Å². The molecule has 0 aliphatic carbocycles. The van der Waals surface area contributed by atoms with Crippen molar-refractivity contribution in [1.29, 1.82) is 0 Å². The number of fused-ring (bicyclic) bond motifs is 1. The first-order chi connectivity index (χ1) is 17.9. The standard InChI is InChI=1S/C30H25F2N3O2/c1-19-33-28-17-14-25(34(2)24-12-15-26(37-3)16-13-24)18-27(28)30(36)35(19)29(20-4-8-22(31)9-5-20)21-6-10-23(32)11-7-21/h4-18,29H,1-3H3. The number of nitrogens with zero attached hydrogens (tertiary/aromatic N) is 3. The van der Waals surface area contributed by atoms with Gasteiger partial charge in [0.25, 0.3) is 5.56 Å². The van der Waals surface area contributed by atoms with Gasteiger partial charge < -0.3 is 9.64 Å². The Balaban J connectivity index is 1.67. The molecule has 0 aliphatic rings. The van der Waals surface area contributed by atoms with Crippen LogP contribution >= 0.6 is 0 Å². The molecule has 5 rings (SSSR count). The smallest absolute Gasteiger partial charge is 0.262 e. The summed E-state index contributed by atoms with van der Waals surface area (Å²) in [5, 5.41) is 0.442. The summed E-state index contributed by atoms with van der Waals surface area (Å²) in [5.74, 6) is 0.486. The van der Waals surface area contributed by atoms with Crippen LogP contribution in [0.25, 0.3) is 10.9 Å². The second-order valence-electron chi connectivity index (χ2n) is 8.80. The topological polar surface area (TPSA) is 47.4 Å². The molecule has 0 fully saturated rings. The van der Waals surface area contributed by atoms with E-state index in [0.29, 0.717) is 27.9 Å². The summed E-state index contributed by atoms with van der Waals surface area (Å²) < 4.78 is 34.3. The fourth-order valence-electron chi connectivity index (χ4n) is 4.55. The number of rotatable bonds is 6. The molecular formula is C30H25F2N3O2. The third kappa shape index (κ3) is 4.68. The molecule has 0 amide bonds. The summed E-state index contributed by atoms with van der Waals surface area (Å²) in [6.45, 7) is 1.76. The van der Waals surface area contributed by atoms with Gasteiger partial charge in [0.15, 0.2) is 0 Å². The lowest BCUT2D eigenvalue weighted by molar-refractivity contribution is 0.415. The molecule has 0 N–H and O–H groups in total. The molecule has 0 unspecified atom stereocenters. The molecule has 0 aliphatic heterocycles. The number of hydrogen-bond acceptors (Lipinski definition) is 4. The van der Waals surface area contributed by atoms with Crippen molar-refractivity contribution in [2.75, 3.05) is 19.1 Å². The largest absolute Gasteiger partial charge is 0.497 e. The average molecular weight is 498 g/mol. The fraction of sp³-hybridized carbons (Fsp3) is 0.133. The summed E-state index contributed by atoms with van der Waals surface area (Å²) in [5.41, 5.74) is 3.44. The molecule has 5 aromatic rings. The zero-order chi connectivity index (χ0) is 26.1. The third-order valence-electron chi connectivity index (χ3n) is 6.54. The number of anilines is 2. The summed E-state index contributed by atoms with van der Waals surface area (Å²) in [7, 11) is 3.54. The van der Waals surface area contributed by atoms with Gasteiger partial charge >= 0.3 is 0 Å². The number of ether oxygens (including phenoxy) is 1. The molecule has 1 aromatic heterocycles. The summed E-state index contributed by atoms with van der Waals surface area (Å²) >= 11 is 0. The van der Waals surface area contributed by atoms with Gasteiger partial charge in [-0.1, -0.05) is 24.3 Å². The van der Waals surface area contributed by atoms with Crippen molar-refractivity contribution >= 4 is 22.3 Å². The van der Waals surface area contributed by atoms with Crippen LogP contribution in [0.1, 0.15) is 23.0 Å². The molecule has 1 heterocycles. The van der Waals surface area contributed by atoms with E-state index in [1.165, 1.54) is 24.3 Å². The van der Waals surface area contributed by atoms with E-state index in [-0.39, 0.29) is 17.2 Å². The molecule has 4 aromatic carbocycles.